The minimum atomic E-state index is 0.455. The zero-order chi connectivity index (χ0) is 13.2. The lowest BCUT2D eigenvalue weighted by atomic mass is 9.86. The van der Waals surface area contributed by atoms with Crippen molar-refractivity contribution in [1.29, 1.82) is 0 Å². The van der Waals surface area contributed by atoms with Crippen molar-refractivity contribution in [2.75, 3.05) is 36.5 Å². The van der Waals surface area contributed by atoms with Gasteiger partial charge in [0.1, 0.15) is 0 Å². The second-order valence-electron chi connectivity index (χ2n) is 6.14. The van der Waals surface area contributed by atoms with Crippen molar-refractivity contribution in [3.8, 4) is 0 Å². The molecular weight excluding hydrogens is 234 g/mol. The van der Waals surface area contributed by atoms with Gasteiger partial charge in [-0.25, -0.2) is 0 Å². The molecule has 0 atom stereocenters. The molecule has 0 radical (unpaired) electrons. The summed E-state index contributed by atoms with van der Waals surface area (Å²) in [7, 11) is 2.19. The van der Waals surface area contributed by atoms with Crippen LogP contribution in [0.25, 0.3) is 0 Å². The zero-order valence-electron chi connectivity index (χ0n) is 11.9. The molecule has 0 aromatic heterocycles. The number of benzene rings is 1. The molecule has 3 heteroatoms. The van der Waals surface area contributed by atoms with Gasteiger partial charge in [0.2, 0.25) is 0 Å². The first-order valence-electron chi connectivity index (χ1n) is 7.55. The average Bonchev–Trinajstić information content (AvgIpc) is 2.45. The quantitative estimate of drug-likeness (QED) is 0.885. The molecule has 0 amide bonds. The lowest BCUT2D eigenvalue weighted by Crippen LogP contribution is -2.42. The summed E-state index contributed by atoms with van der Waals surface area (Å²) in [4.78, 5) is 4.94. The van der Waals surface area contributed by atoms with Gasteiger partial charge in [-0.3, -0.25) is 0 Å². The van der Waals surface area contributed by atoms with Crippen molar-refractivity contribution in [2.45, 2.75) is 31.7 Å². The summed E-state index contributed by atoms with van der Waals surface area (Å²) in [6, 6.07) is 9.24. The summed E-state index contributed by atoms with van der Waals surface area (Å²) >= 11 is 0. The zero-order valence-corrected chi connectivity index (χ0v) is 11.9. The van der Waals surface area contributed by atoms with E-state index in [-0.39, 0.29) is 0 Å². The highest BCUT2D eigenvalue weighted by molar-refractivity contribution is 5.73. The van der Waals surface area contributed by atoms with Crippen molar-refractivity contribution in [3.05, 3.63) is 24.3 Å². The molecule has 0 saturated heterocycles. The van der Waals surface area contributed by atoms with Gasteiger partial charge in [0.15, 0.2) is 0 Å². The summed E-state index contributed by atoms with van der Waals surface area (Å²) in [5, 5.41) is 0. The smallest absolute Gasteiger partial charge is 0.0604 e. The van der Waals surface area contributed by atoms with E-state index in [1.165, 1.54) is 43.6 Å². The van der Waals surface area contributed by atoms with E-state index in [4.69, 9.17) is 5.73 Å². The first kappa shape index (κ1) is 12.8. The Bertz CT molecular complexity index is 424. The van der Waals surface area contributed by atoms with E-state index in [0.29, 0.717) is 6.04 Å². The largest absolute Gasteiger partial charge is 0.371 e. The molecule has 3 rings (SSSR count). The number of nitrogens with two attached hydrogens (primary N) is 1. The molecule has 0 spiro atoms. The SMILES string of the molecule is CN1CCN(CC2CCC(N)CC2)c2ccccc21. The van der Waals surface area contributed by atoms with E-state index < -0.39 is 0 Å². The molecular formula is C16H25N3. The predicted molar refractivity (Wildman–Crippen MR) is 81.9 cm³/mol. The molecule has 3 nitrogen and oxygen atoms in total. The normalized spacial score (nSPS) is 27.3. The van der Waals surface area contributed by atoms with Crippen molar-refractivity contribution in [2.24, 2.45) is 11.7 Å². The average molecular weight is 259 g/mol. The standard InChI is InChI=1S/C16H25N3/c1-18-10-11-19(16-5-3-2-4-15(16)18)12-13-6-8-14(17)9-7-13/h2-5,13-14H,6-12,17H2,1H3. The summed E-state index contributed by atoms with van der Waals surface area (Å²) in [6.07, 6.45) is 5.02. The number of likely N-dealkylation sites (N-methyl/N-ethyl adjacent to an activating group) is 1. The maximum absolute atomic E-state index is 6.00. The van der Waals surface area contributed by atoms with E-state index >= 15 is 0 Å². The van der Waals surface area contributed by atoms with Gasteiger partial charge >= 0.3 is 0 Å². The van der Waals surface area contributed by atoms with Crippen LogP contribution in [0.2, 0.25) is 0 Å². The number of anilines is 2. The third-order valence-corrected chi connectivity index (χ3v) is 4.71. The molecule has 1 heterocycles. The Hall–Kier alpha value is -1.22. The van der Waals surface area contributed by atoms with E-state index in [0.717, 1.165) is 19.0 Å². The van der Waals surface area contributed by atoms with E-state index in [2.05, 4.69) is 41.1 Å². The summed E-state index contributed by atoms with van der Waals surface area (Å²) in [5.74, 6) is 0.830. The molecule has 19 heavy (non-hydrogen) atoms. The maximum atomic E-state index is 6.00. The lowest BCUT2D eigenvalue weighted by molar-refractivity contribution is 0.326. The Labute approximate surface area is 116 Å². The molecule has 1 aliphatic heterocycles. The van der Waals surface area contributed by atoms with Crippen LogP contribution in [0, 0.1) is 5.92 Å². The van der Waals surface area contributed by atoms with Gasteiger partial charge in [-0.05, 0) is 43.7 Å². The number of para-hydroxylation sites is 2. The molecule has 1 aromatic rings. The van der Waals surface area contributed by atoms with Crippen molar-refractivity contribution < 1.29 is 0 Å². The first-order chi connectivity index (χ1) is 9.24. The molecule has 1 aliphatic carbocycles. The van der Waals surface area contributed by atoms with Crippen LogP contribution in [-0.4, -0.2) is 32.7 Å². The second kappa shape index (κ2) is 5.41. The minimum Gasteiger partial charge on any atom is -0.371 e. The van der Waals surface area contributed by atoms with Crippen LogP contribution < -0.4 is 15.5 Å². The molecule has 1 fully saturated rings. The van der Waals surface area contributed by atoms with Crippen LogP contribution in [0.4, 0.5) is 11.4 Å². The van der Waals surface area contributed by atoms with E-state index in [1.54, 1.807) is 0 Å². The molecule has 1 saturated carbocycles. The van der Waals surface area contributed by atoms with Crippen molar-refractivity contribution in [3.63, 3.8) is 0 Å². The van der Waals surface area contributed by atoms with Gasteiger partial charge in [0.05, 0.1) is 11.4 Å². The van der Waals surface area contributed by atoms with Crippen molar-refractivity contribution >= 4 is 11.4 Å². The Morgan fingerprint density at radius 3 is 2.47 bits per heavy atom. The molecule has 2 N–H and O–H groups in total. The summed E-state index contributed by atoms with van der Waals surface area (Å²) in [6.45, 7) is 3.48. The Kier molecular flexibility index (Phi) is 3.65. The monoisotopic (exact) mass is 259 g/mol. The van der Waals surface area contributed by atoms with Crippen LogP contribution in [0.1, 0.15) is 25.7 Å². The highest BCUT2D eigenvalue weighted by Gasteiger charge is 2.25. The summed E-state index contributed by atoms with van der Waals surface area (Å²) in [5.41, 5.74) is 8.79. The van der Waals surface area contributed by atoms with Crippen LogP contribution in [0.3, 0.4) is 0 Å². The van der Waals surface area contributed by atoms with Crippen LogP contribution >= 0.6 is 0 Å². The molecule has 0 unspecified atom stereocenters. The predicted octanol–water partition coefficient (Wildman–Crippen LogP) is 2.46. The van der Waals surface area contributed by atoms with Gasteiger partial charge in [-0.15, -0.1) is 0 Å². The van der Waals surface area contributed by atoms with Crippen LogP contribution in [0.15, 0.2) is 24.3 Å². The highest BCUT2D eigenvalue weighted by atomic mass is 15.2. The van der Waals surface area contributed by atoms with Crippen LogP contribution in [0.5, 0.6) is 0 Å². The van der Waals surface area contributed by atoms with Gasteiger partial charge < -0.3 is 15.5 Å². The molecule has 0 bridgehead atoms. The minimum absolute atomic E-state index is 0.455. The Balaban J connectivity index is 1.70. The maximum Gasteiger partial charge on any atom is 0.0604 e. The number of fused-ring (bicyclic) bond motifs is 1. The first-order valence-corrected chi connectivity index (χ1v) is 7.55. The fourth-order valence-electron chi connectivity index (χ4n) is 3.44. The Morgan fingerprint density at radius 1 is 1.05 bits per heavy atom. The van der Waals surface area contributed by atoms with Gasteiger partial charge in [-0.2, -0.15) is 0 Å². The molecule has 104 valence electrons. The van der Waals surface area contributed by atoms with Gasteiger partial charge in [0, 0.05) is 32.7 Å². The van der Waals surface area contributed by atoms with Crippen LogP contribution in [-0.2, 0) is 0 Å². The van der Waals surface area contributed by atoms with E-state index in [9.17, 15) is 0 Å². The second-order valence-corrected chi connectivity index (χ2v) is 6.14. The number of hydrogen-bond donors (Lipinski definition) is 1. The fraction of sp³-hybridized carbons (Fsp3) is 0.625. The molecule has 2 aliphatic rings. The van der Waals surface area contributed by atoms with Crippen molar-refractivity contribution in [1.82, 2.24) is 0 Å². The van der Waals surface area contributed by atoms with Gasteiger partial charge in [-0.1, -0.05) is 12.1 Å². The third kappa shape index (κ3) is 2.71. The number of nitrogens with zero attached hydrogens (tertiary/aromatic N) is 2. The molecule has 1 aromatic carbocycles. The summed E-state index contributed by atoms with van der Waals surface area (Å²) < 4.78 is 0. The van der Waals surface area contributed by atoms with Gasteiger partial charge in [0.25, 0.3) is 0 Å². The number of hydrogen-bond acceptors (Lipinski definition) is 3. The highest BCUT2D eigenvalue weighted by Crippen LogP contribution is 2.34. The Morgan fingerprint density at radius 2 is 1.74 bits per heavy atom. The van der Waals surface area contributed by atoms with E-state index in [1.807, 2.05) is 0 Å². The fourth-order valence-corrected chi connectivity index (χ4v) is 3.44. The topological polar surface area (TPSA) is 32.5 Å². The lowest BCUT2D eigenvalue weighted by Gasteiger charge is -2.39. The number of rotatable bonds is 2. The third-order valence-electron chi connectivity index (χ3n) is 4.71.